The molecule has 17 heteroatoms. The van der Waals surface area contributed by atoms with Crippen LogP contribution in [0.5, 0.6) is 0 Å². The number of anilines is 1. The first-order chi connectivity index (χ1) is 18.8. The first-order valence-corrected chi connectivity index (χ1v) is 11.8. The number of fused-ring (bicyclic) bond motifs is 2. The number of benzene rings is 1. The molecule has 1 saturated carbocycles. The van der Waals surface area contributed by atoms with Crippen LogP contribution in [0.15, 0.2) is 30.6 Å². The number of aromatic nitrogens is 4. The molecule has 1 aliphatic carbocycles. The number of nitrogen functional groups attached to an aromatic ring is 1. The molecule has 2 aromatic heterocycles. The van der Waals surface area contributed by atoms with E-state index in [1.807, 2.05) is 0 Å². The van der Waals surface area contributed by atoms with Gasteiger partial charge in [0.25, 0.3) is 5.60 Å². The Morgan fingerprint density at radius 2 is 1.80 bits per heavy atom. The highest BCUT2D eigenvalue weighted by molar-refractivity contribution is 6.28. The summed E-state index contributed by atoms with van der Waals surface area (Å²) in [6, 6.07) is 3.56. The third-order valence-corrected chi connectivity index (χ3v) is 7.01. The fourth-order valence-corrected chi connectivity index (χ4v) is 4.91. The molecule has 1 aliphatic heterocycles. The molecule has 3 heterocycles. The van der Waals surface area contributed by atoms with Gasteiger partial charge in [0.2, 0.25) is 5.28 Å². The molecule has 1 saturated heterocycles. The summed E-state index contributed by atoms with van der Waals surface area (Å²) in [5.41, 5.74) is 0.0129. The Balaban J connectivity index is 1.43. The van der Waals surface area contributed by atoms with Gasteiger partial charge in [-0.25, -0.2) is 19.0 Å². The molecule has 0 radical (unpaired) electrons. The Bertz CT molecular complexity index is 1470. The van der Waals surface area contributed by atoms with Crippen LogP contribution in [0.3, 0.4) is 0 Å². The summed E-state index contributed by atoms with van der Waals surface area (Å²) < 4.78 is 76.7. The van der Waals surface area contributed by atoms with Crippen molar-refractivity contribution in [1.82, 2.24) is 19.5 Å². The van der Waals surface area contributed by atoms with E-state index in [1.165, 1.54) is 0 Å². The van der Waals surface area contributed by atoms with Crippen molar-refractivity contribution in [3.63, 3.8) is 0 Å². The minimum atomic E-state index is -4.63. The monoisotopic (exact) mass is 589 g/mol. The standard InChI is InChI=1S/C23H20ClF4N5O7/c1-37-18(34)21(19(35)38-2,7-9-3-5-10(6-4-9)23(26,27)28)40-14-13-22(14,36)12(25)17(39-13)33-8-30-11-15(29)31-20(24)32-16(11)33/h3-6,8,12-14,17,36H,7H2,1-2H3,(H2,29,31,32)/t12-,13-,14?,17-,22+/m1/s1. The van der Waals surface area contributed by atoms with Crippen LogP contribution in [-0.2, 0) is 41.1 Å². The fourth-order valence-electron chi connectivity index (χ4n) is 4.74. The van der Waals surface area contributed by atoms with Gasteiger partial charge in [-0.05, 0) is 29.3 Å². The van der Waals surface area contributed by atoms with Crippen molar-refractivity contribution < 1.29 is 51.2 Å². The first kappa shape index (κ1) is 27.9. The number of methoxy groups -OCH3 is 2. The average Bonchev–Trinajstić information content (AvgIpc) is 3.15. The Morgan fingerprint density at radius 1 is 1.18 bits per heavy atom. The molecule has 2 fully saturated rings. The van der Waals surface area contributed by atoms with Gasteiger partial charge in [-0.3, -0.25) is 4.57 Å². The van der Waals surface area contributed by atoms with Gasteiger partial charge in [-0.2, -0.15) is 23.1 Å². The van der Waals surface area contributed by atoms with Crippen LogP contribution in [0.25, 0.3) is 11.2 Å². The minimum absolute atomic E-state index is 0.0216. The first-order valence-electron chi connectivity index (χ1n) is 11.5. The summed E-state index contributed by atoms with van der Waals surface area (Å²) in [6.45, 7) is 0. The lowest BCUT2D eigenvalue weighted by Gasteiger charge is -2.31. The van der Waals surface area contributed by atoms with E-state index in [4.69, 9.17) is 36.3 Å². The van der Waals surface area contributed by atoms with Crippen molar-refractivity contribution in [3.8, 4) is 0 Å². The minimum Gasteiger partial charge on any atom is -0.466 e. The van der Waals surface area contributed by atoms with E-state index < -0.39 is 65.9 Å². The van der Waals surface area contributed by atoms with E-state index in [1.54, 1.807) is 0 Å². The molecule has 2 aliphatic rings. The SMILES string of the molecule is COC(=O)C(Cc1ccc(C(F)(F)F)cc1)(OC1[C@H]2O[C@@H](n3cnc4c(N)nc(Cl)nc43)[C@@H](F)[C@@]12O)C(=O)OC. The molecule has 1 aromatic carbocycles. The van der Waals surface area contributed by atoms with Crippen molar-refractivity contribution in [2.75, 3.05) is 20.0 Å². The van der Waals surface area contributed by atoms with Gasteiger partial charge < -0.3 is 29.8 Å². The molecule has 3 N–H and O–H groups in total. The number of nitrogens with zero attached hydrogens (tertiary/aromatic N) is 4. The largest absolute Gasteiger partial charge is 0.466 e. The second kappa shape index (κ2) is 9.50. The van der Waals surface area contributed by atoms with Gasteiger partial charge in [0.15, 0.2) is 29.5 Å². The summed E-state index contributed by atoms with van der Waals surface area (Å²) >= 11 is 5.85. The number of carbonyl (C=O) groups is 2. The quantitative estimate of drug-likeness (QED) is 0.179. The molecule has 0 spiro atoms. The Morgan fingerprint density at radius 3 is 2.33 bits per heavy atom. The second-order valence-corrected chi connectivity index (χ2v) is 9.50. The zero-order valence-corrected chi connectivity index (χ0v) is 21.3. The molecule has 3 aromatic rings. The van der Waals surface area contributed by atoms with Crippen molar-refractivity contribution in [3.05, 3.63) is 47.0 Å². The number of hydrogen-bond acceptors (Lipinski definition) is 11. The maximum absolute atomic E-state index is 15.7. The summed E-state index contributed by atoms with van der Waals surface area (Å²) in [5, 5.41) is 10.9. The molecule has 0 amide bonds. The van der Waals surface area contributed by atoms with E-state index in [0.29, 0.717) is 0 Å². The third-order valence-electron chi connectivity index (χ3n) is 6.84. The van der Waals surface area contributed by atoms with Gasteiger partial charge in [-0.1, -0.05) is 12.1 Å². The summed E-state index contributed by atoms with van der Waals surface area (Å²) in [5.74, 6) is -2.65. The number of hydrogen-bond donors (Lipinski definition) is 2. The van der Waals surface area contributed by atoms with Gasteiger partial charge in [0.05, 0.1) is 26.1 Å². The van der Waals surface area contributed by atoms with Crippen molar-refractivity contribution in [2.24, 2.45) is 0 Å². The van der Waals surface area contributed by atoms with E-state index in [9.17, 15) is 27.9 Å². The Labute approximate surface area is 226 Å². The number of rotatable bonds is 7. The predicted molar refractivity (Wildman–Crippen MR) is 125 cm³/mol. The highest BCUT2D eigenvalue weighted by atomic mass is 35.5. The van der Waals surface area contributed by atoms with Crippen LogP contribution >= 0.6 is 11.6 Å². The van der Waals surface area contributed by atoms with Crippen LogP contribution in [0, 0.1) is 0 Å². The van der Waals surface area contributed by atoms with Gasteiger partial charge in [0, 0.05) is 6.42 Å². The Kier molecular flexibility index (Phi) is 6.64. The zero-order chi connectivity index (χ0) is 29.2. The lowest BCUT2D eigenvalue weighted by Crippen LogP contribution is -2.54. The number of nitrogens with two attached hydrogens (primary N) is 1. The molecular formula is C23H20ClF4N5O7. The van der Waals surface area contributed by atoms with Crippen LogP contribution in [-0.4, -0.2) is 80.4 Å². The lowest BCUT2D eigenvalue weighted by molar-refractivity contribution is -0.198. The van der Waals surface area contributed by atoms with Crippen molar-refractivity contribution in [1.29, 1.82) is 0 Å². The smallest absolute Gasteiger partial charge is 0.416 e. The topological polar surface area (TPSA) is 161 Å². The Hall–Kier alpha value is -3.60. The zero-order valence-electron chi connectivity index (χ0n) is 20.6. The number of carbonyl (C=O) groups excluding carboxylic acids is 2. The maximum Gasteiger partial charge on any atom is 0.416 e. The summed E-state index contributed by atoms with van der Waals surface area (Å²) in [6.07, 6.45) is -10.8. The van der Waals surface area contributed by atoms with Crippen molar-refractivity contribution >= 4 is 40.5 Å². The molecule has 1 unspecified atom stereocenters. The van der Waals surface area contributed by atoms with Crippen LogP contribution in [0.2, 0.25) is 5.28 Å². The summed E-state index contributed by atoms with van der Waals surface area (Å²) in [7, 11) is 1.87. The van der Waals surface area contributed by atoms with E-state index >= 15 is 4.39 Å². The van der Waals surface area contributed by atoms with Gasteiger partial charge >= 0.3 is 18.1 Å². The molecular weight excluding hydrogens is 570 g/mol. The van der Waals surface area contributed by atoms with E-state index in [2.05, 4.69) is 15.0 Å². The normalized spacial score (nSPS) is 26.0. The van der Waals surface area contributed by atoms with E-state index in [-0.39, 0.29) is 27.8 Å². The molecule has 0 bridgehead atoms. The number of ether oxygens (including phenoxy) is 4. The van der Waals surface area contributed by atoms with Crippen LogP contribution in [0.4, 0.5) is 23.4 Å². The number of esters is 2. The number of halogens is 5. The molecule has 12 nitrogen and oxygen atoms in total. The van der Waals surface area contributed by atoms with Crippen LogP contribution in [0.1, 0.15) is 17.4 Å². The lowest BCUT2D eigenvalue weighted by atomic mass is 9.93. The van der Waals surface area contributed by atoms with Gasteiger partial charge in [0.1, 0.15) is 17.7 Å². The molecule has 5 atom stereocenters. The number of alkyl halides is 4. The van der Waals surface area contributed by atoms with E-state index in [0.717, 1.165) is 49.4 Å². The predicted octanol–water partition coefficient (Wildman–Crippen LogP) is 1.77. The summed E-state index contributed by atoms with van der Waals surface area (Å²) in [4.78, 5) is 37.6. The average molecular weight is 590 g/mol. The molecule has 214 valence electrons. The molecule has 40 heavy (non-hydrogen) atoms. The highest BCUT2D eigenvalue weighted by Crippen LogP contribution is 2.58. The third kappa shape index (κ3) is 4.22. The fraction of sp³-hybridized carbons (Fsp3) is 0.435. The highest BCUT2D eigenvalue weighted by Gasteiger charge is 2.80. The van der Waals surface area contributed by atoms with Gasteiger partial charge in [-0.15, -0.1) is 0 Å². The van der Waals surface area contributed by atoms with Crippen molar-refractivity contribution in [2.45, 2.75) is 48.4 Å². The second-order valence-electron chi connectivity index (χ2n) is 9.16. The number of imidazole rings is 1. The molecule has 5 rings (SSSR count). The number of aliphatic hydroxyl groups is 1. The maximum atomic E-state index is 15.7. The van der Waals surface area contributed by atoms with Crippen LogP contribution < -0.4 is 5.73 Å².